The highest BCUT2D eigenvalue weighted by molar-refractivity contribution is 9.10. The average Bonchev–Trinajstić information content (AvgIpc) is 2.40. The zero-order chi connectivity index (χ0) is 13.7. The van der Waals surface area contributed by atoms with Gasteiger partial charge in [-0.05, 0) is 24.3 Å². The summed E-state index contributed by atoms with van der Waals surface area (Å²) in [7, 11) is 0. The van der Waals surface area contributed by atoms with Crippen molar-refractivity contribution in [2.75, 3.05) is 0 Å². The summed E-state index contributed by atoms with van der Waals surface area (Å²) >= 11 is 3.33. The highest BCUT2D eigenvalue weighted by Gasteiger charge is 2.03. The van der Waals surface area contributed by atoms with Crippen LogP contribution < -0.4 is 0 Å². The van der Waals surface area contributed by atoms with Crippen LogP contribution in [0.1, 0.15) is 11.1 Å². The van der Waals surface area contributed by atoms with Crippen molar-refractivity contribution in [3.63, 3.8) is 0 Å². The van der Waals surface area contributed by atoms with Crippen molar-refractivity contribution >= 4 is 22.1 Å². The summed E-state index contributed by atoms with van der Waals surface area (Å²) in [6.07, 6.45) is 2.66. The lowest BCUT2D eigenvalue weighted by molar-refractivity contribution is 0.129. The number of rotatable bonds is 4. The third kappa shape index (κ3) is 3.86. The predicted octanol–water partition coefficient (Wildman–Crippen LogP) is 4.16. The van der Waals surface area contributed by atoms with Crippen LogP contribution in [-0.2, 0) is 11.4 Å². The topological polar surface area (TPSA) is 21.6 Å². The second kappa shape index (κ2) is 6.43. The van der Waals surface area contributed by atoms with Gasteiger partial charge in [-0.1, -0.05) is 39.3 Å². The van der Waals surface area contributed by atoms with Crippen LogP contribution in [0.5, 0.6) is 0 Å². The molecule has 0 spiro atoms. The SMILES string of the molecule is Fc1ccc(F)c(CO/N=[C]\c2ccccc2Br)c1. The number of hydrogen-bond donors (Lipinski definition) is 0. The molecule has 97 valence electrons. The molecule has 0 atom stereocenters. The van der Waals surface area contributed by atoms with E-state index in [9.17, 15) is 8.78 Å². The van der Waals surface area contributed by atoms with Gasteiger partial charge in [0.1, 0.15) is 24.5 Å². The quantitative estimate of drug-likeness (QED) is 0.611. The predicted molar refractivity (Wildman–Crippen MR) is 71.8 cm³/mol. The Balaban J connectivity index is 1.97. The van der Waals surface area contributed by atoms with Crippen molar-refractivity contribution in [1.82, 2.24) is 0 Å². The molecule has 5 heteroatoms. The van der Waals surface area contributed by atoms with Crippen LogP contribution >= 0.6 is 15.9 Å². The summed E-state index contributed by atoms with van der Waals surface area (Å²) < 4.78 is 27.0. The van der Waals surface area contributed by atoms with E-state index in [-0.39, 0.29) is 12.2 Å². The Bertz CT molecular complexity index is 602. The first kappa shape index (κ1) is 13.7. The van der Waals surface area contributed by atoms with E-state index in [0.29, 0.717) is 5.56 Å². The van der Waals surface area contributed by atoms with Crippen molar-refractivity contribution in [3.8, 4) is 0 Å². The lowest BCUT2D eigenvalue weighted by atomic mass is 10.2. The maximum absolute atomic E-state index is 13.3. The summed E-state index contributed by atoms with van der Waals surface area (Å²) in [6, 6.07) is 10.5. The Kier molecular flexibility index (Phi) is 4.63. The number of halogens is 3. The summed E-state index contributed by atoms with van der Waals surface area (Å²) in [5, 5.41) is 3.60. The summed E-state index contributed by atoms with van der Waals surface area (Å²) in [4.78, 5) is 4.90. The average molecular weight is 325 g/mol. The Morgan fingerprint density at radius 1 is 1.16 bits per heavy atom. The maximum Gasteiger partial charge on any atom is 0.145 e. The Hall–Kier alpha value is -1.75. The van der Waals surface area contributed by atoms with Gasteiger partial charge in [0, 0.05) is 15.6 Å². The number of nitrogens with zero attached hydrogens (tertiary/aromatic N) is 1. The molecule has 0 aliphatic carbocycles. The van der Waals surface area contributed by atoms with Crippen LogP contribution in [0.15, 0.2) is 52.1 Å². The maximum atomic E-state index is 13.3. The monoisotopic (exact) mass is 324 g/mol. The molecule has 0 heterocycles. The second-order valence-electron chi connectivity index (χ2n) is 3.69. The zero-order valence-electron chi connectivity index (χ0n) is 9.74. The van der Waals surface area contributed by atoms with Crippen molar-refractivity contribution in [2.45, 2.75) is 6.61 Å². The molecule has 0 fully saturated rings. The van der Waals surface area contributed by atoms with Gasteiger partial charge in [0.2, 0.25) is 0 Å². The first-order valence-corrected chi connectivity index (χ1v) is 6.22. The highest BCUT2D eigenvalue weighted by atomic mass is 79.9. The minimum absolute atomic E-state index is 0.109. The Morgan fingerprint density at radius 2 is 1.95 bits per heavy atom. The van der Waals surface area contributed by atoms with E-state index in [4.69, 9.17) is 4.84 Å². The van der Waals surface area contributed by atoms with Gasteiger partial charge in [-0.3, -0.25) is 0 Å². The van der Waals surface area contributed by atoms with E-state index < -0.39 is 11.6 Å². The molecule has 0 bridgehead atoms. The molecule has 0 saturated heterocycles. The second-order valence-corrected chi connectivity index (χ2v) is 4.55. The molecule has 0 aromatic heterocycles. The van der Waals surface area contributed by atoms with Crippen molar-refractivity contribution < 1.29 is 13.6 Å². The van der Waals surface area contributed by atoms with Crippen molar-refractivity contribution in [3.05, 3.63) is 69.7 Å². The lowest BCUT2D eigenvalue weighted by Gasteiger charge is -2.01. The zero-order valence-corrected chi connectivity index (χ0v) is 11.3. The smallest absolute Gasteiger partial charge is 0.145 e. The number of benzene rings is 2. The highest BCUT2D eigenvalue weighted by Crippen LogP contribution is 2.14. The Labute approximate surface area is 117 Å². The van der Waals surface area contributed by atoms with Gasteiger partial charge in [-0.15, -0.1) is 0 Å². The molecule has 0 N–H and O–H groups in total. The molecule has 2 nitrogen and oxygen atoms in total. The first-order chi connectivity index (χ1) is 9.16. The van der Waals surface area contributed by atoms with Gasteiger partial charge in [0.05, 0.1) is 0 Å². The fraction of sp³-hybridized carbons (Fsp3) is 0.0714. The van der Waals surface area contributed by atoms with Gasteiger partial charge in [-0.25, -0.2) is 8.78 Å². The summed E-state index contributed by atoms with van der Waals surface area (Å²) in [6.45, 7) is -0.152. The molecule has 2 aromatic rings. The minimum Gasteiger partial charge on any atom is -0.390 e. The minimum atomic E-state index is -0.530. The van der Waals surface area contributed by atoms with Crippen LogP contribution in [0.25, 0.3) is 0 Å². The molecular formula is C14H9BrF2NO. The van der Waals surface area contributed by atoms with Gasteiger partial charge >= 0.3 is 0 Å². The van der Waals surface area contributed by atoms with Gasteiger partial charge in [0.15, 0.2) is 0 Å². The van der Waals surface area contributed by atoms with E-state index in [1.165, 1.54) is 0 Å². The van der Waals surface area contributed by atoms with Crippen molar-refractivity contribution in [2.24, 2.45) is 5.16 Å². The first-order valence-electron chi connectivity index (χ1n) is 5.43. The van der Waals surface area contributed by atoms with E-state index in [2.05, 4.69) is 27.3 Å². The lowest BCUT2D eigenvalue weighted by Crippen LogP contribution is -1.94. The van der Waals surface area contributed by atoms with Crippen LogP contribution in [0, 0.1) is 11.6 Å². The molecular weight excluding hydrogens is 316 g/mol. The fourth-order valence-corrected chi connectivity index (χ4v) is 1.76. The molecule has 2 rings (SSSR count). The molecule has 2 aromatic carbocycles. The van der Waals surface area contributed by atoms with Crippen LogP contribution in [0.4, 0.5) is 8.78 Å². The van der Waals surface area contributed by atoms with Gasteiger partial charge < -0.3 is 4.84 Å². The van der Waals surface area contributed by atoms with Gasteiger partial charge in [0.25, 0.3) is 0 Å². The normalized spacial score (nSPS) is 10.9. The molecule has 19 heavy (non-hydrogen) atoms. The number of hydrogen-bond acceptors (Lipinski definition) is 2. The molecule has 0 unspecified atom stereocenters. The van der Waals surface area contributed by atoms with Crippen LogP contribution in [0.3, 0.4) is 0 Å². The third-order valence-electron chi connectivity index (χ3n) is 2.33. The molecule has 0 amide bonds. The fourth-order valence-electron chi connectivity index (χ4n) is 1.39. The molecule has 1 radical (unpaired) electrons. The van der Waals surface area contributed by atoms with E-state index in [0.717, 1.165) is 22.7 Å². The van der Waals surface area contributed by atoms with E-state index >= 15 is 0 Å². The van der Waals surface area contributed by atoms with Crippen LogP contribution in [-0.4, -0.2) is 6.21 Å². The largest absolute Gasteiger partial charge is 0.390 e. The Morgan fingerprint density at radius 3 is 2.74 bits per heavy atom. The standard InChI is InChI=1S/C14H9BrF2NO/c15-13-4-2-1-3-10(13)8-18-19-9-11-7-12(16)5-6-14(11)17/h1-7H,9H2. The van der Waals surface area contributed by atoms with Crippen LogP contribution in [0.2, 0.25) is 0 Å². The van der Waals surface area contributed by atoms with E-state index in [1.807, 2.05) is 18.2 Å². The molecule has 0 saturated carbocycles. The summed E-state index contributed by atoms with van der Waals surface area (Å²) in [5.41, 5.74) is 0.819. The summed E-state index contributed by atoms with van der Waals surface area (Å²) in [5.74, 6) is -1.05. The molecule has 0 aliphatic rings. The molecule has 0 aliphatic heterocycles. The van der Waals surface area contributed by atoms with Gasteiger partial charge in [-0.2, -0.15) is 0 Å². The third-order valence-corrected chi connectivity index (χ3v) is 3.02. The van der Waals surface area contributed by atoms with Crippen molar-refractivity contribution in [1.29, 1.82) is 0 Å². The van der Waals surface area contributed by atoms with E-state index in [1.54, 1.807) is 6.07 Å².